The number of halogens is 3. The Morgan fingerprint density at radius 2 is 2.03 bits per heavy atom. The number of aliphatic hydroxyl groups excluding tert-OH is 1. The lowest BCUT2D eigenvalue weighted by atomic mass is 9.78. The number of carbonyl (C=O) groups excluding carboxylic acids is 1. The summed E-state index contributed by atoms with van der Waals surface area (Å²) >= 11 is 1.05. The molecule has 0 radical (unpaired) electrons. The van der Waals surface area contributed by atoms with Crippen molar-refractivity contribution in [3.63, 3.8) is 0 Å². The van der Waals surface area contributed by atoms with Gasteiger partial charge in [0.05, 0.1) is 23.8 Å². The number of carbonyl (C=O) groups is 1. The molecule has 9 heteroatoms. The molecule has 2 aromatic rings. The van der Waals surface area contributed by atoms with Crippen LogP contribution in [0, 0.1) is 5.92 Å². The molecule has 5 nitrogen and oxygen atoms in total. The highest BCUT2D eigenvalue weighted by Crippen LogP contribution is 2.39. The average molecular weight is 455 g/mol. The minimum atomic E-state index is -4.56. The van der Waals surface area contributed by atoms with Gasteiger partial charge < -0.3 is 20.5 Å². The van der Waals surface area contributed by atoms with Gasteiger partial charge in [-0.1, -0.05) is 30.3 Å². The molecule has 1 fully saturated rings. The molecule has 3 N–H and O–H groups in total. The standard InChI is InChI=1S/C22H25F3N2O3S/c1-30-17-8-16(22(23,24)25)9-18(31-2)19(17)20(29)27-21(15-6-4-3-5-7-15)10-14(12-28)11-26-13-21/h3-9,14,26,28H,10-13H2,1-2H3,(H,27,29). The molecule has 2 aromatic carbocycles. The van der Waals surface area contributed by atoms with Gasteiger partial charge in [-0.2, -0.15) is 13.2 Å². The molecule has 0 saturated carbocycles. The van der Waals surface area contributed by atoms with Crippen LogP contribution < -0.4 is 15.4 Å². The average Bonchev–Trinajstić information content (AvgIpc) is 2.78. The molecule has 3 rings (SSSR count). The van der Waals surface area contributed by atoms with E-state index in [0.29, 0.717) is 19.5 Å². The number of amides is 1. The summed E-state index contributed by atoms with van der Waals surface area (Å²) in [7, 11) is 1.24. The van der Waals surface area contributed by atoms with E-state index in [1.54, 1.807) is 6.26 Å². The van der Waals surface area contributed by atoms with Gasteiger partial charge in [0.15, 0.2) is 0 Å². The Morgan fingerprint density at radius 1 is 1.32 bits per heavy atom. The van der Waals surface area contributed by atoms with Gasteiger partial charge in [0.25, 0.3) is 5.91 Å². The quantitative estimate of drug-likeness (QED) is 0.581. The van der Waals surface area contributed by atoms with Crippen LogP contribution in [0.5, 0.6) is 5.75 Å². The van der Waals surface area contributed by atoms with Crippen LogP contribution in [-0.2, 0) is 11.7 Å². The highest BCUT2D eigenvalue weighted by molar-refractivity contribution is 7.98. The first-order valence-corrected chi connectivity index (χ1v) is 11.0. The highest BCUT2D eigenvalue weighted by Gasteiger charge is 2.40. The number of hydrogen-bond acceptors (Lipinski definition) is 5. The molecule has 168 valence electrons. The molecule has 1 amide bonds. The molecule has 2 unspecified atom stereocenters. The van der Waals surface area contributed by atoms with Crippen LogP contribution in [0.25, 0.3) is 0 Å². The Morgan fingerprint density at radius 3 is 2.61 bits per heavy atom. The van der Waals surface area contributed by atoms with Gasteiger partial charge in [0, 0.05) is 24.6 Å². The van der Waals surface area contributed by atoms with Crippen LogP contribution in [-0.4, -0.2) is 44.1 Å². The van der Waals surface area contributed by atoms with E-state index >= 15 is 0 Å². The summed E-state index contributed by atoms with van der Waals surface area (Å²) in [4.78, 5) is 13.6. The van der Waals surface area contributed by atoms with Gasteiger partial charge >= 0.3 is 6.18 Å². The fourth-order valence-corrected chi connectivity index (χ4v) is 4.62. The van der Waals surface area contributed by atoms with Crippen LogP contribution in [0.2, 0.25) is 0 Å². The molecule has 1 heterocycles. The topological polar surface area (TPSA) is 70.6 Å². The number of piperidine rings is 1. The monoisotopic (exact) mass is 454 g/mol. The Balaban J connectivity index is 2.05. The van der Waals surface area contributed by atoms with Crippen LogP contribution >= 0.6 is 11.8 Å². The first-order chi connectivity index (χ1) is 14.7. The molecular weight excluding hydrogens is 429 g/mol. The fourth-order valence-electron chi connectivity index (χ4n) is 3.98. The van der Waals surface area contributed by atoms with Crippen molar-refractivity contribution in [3.05, 3.63) is 59.2 Å². The van der Waals surface area contributed by atoms with Crippen LogP contribution in [0.4, 0.5) is 13.2 Å². The minimum Gasteiger partial charge on any atom is -0.496 e. The molecule has 1 saturated heterocycles. The van der Waals surface area contributed by atoms with Gasteiger partial charge in [0.1, 0.15) is 5.75 Å². The molecule has 2 atom stereocenters. The van der Waals surface area contributed by atoms with Crippen LogP contribution in [0.15, 0.2) is 47.4 Å². The Hall–Kier alpha value is -2.23. The smallest absolute Gasteiger partial charge is 0.416 e. The van der Waals surface area contributed by atoms with Crippen LogP contribution in [0.3, 0.4) is 0 Å². The largest absolute Gasteiger partial charge is 0.496 e. The van der Waals surface area contributed by atoms with Crippen molar-refractivity contribution >= 4 is 17.7 Å². The molecule has 1 aliphatic heterocycles. The van der Waals surface area contributed by atoms with Crippen molar-refractivity contribution in [2.75, 3.05) is 33.1 Å². The second kappa shape index (κ2) is 9.50. The number of nitrogens with one attached hydrogen (secondary N) is 2. The first-order valence-electron chi connectivity index (χ1n) is 9.77. The third kappa shape index (κ3) is 4.99. The van der Waals surface area contributed by atoms with E-state index in [2.05, 4.69) is 10.6 Å². The van der Waals surface area contributed by atoms with E-state index in [0.717, 1.165) is 29.5 Å². The molecule has 1 aliphatic rings. The van der Waals surface area contributed by atoms with E-state index in [9.17, 15) is 23.1 Å². The zero-order chi connectivity index (χ0) is 22.6. The lowest BCUT2D eigenvalue weighted by molar-refractivity contribution is -0.137. The number of alkyl halides is 3. The summed E-state index contributed by atoms with van der Waals surface area (Å²) in [6.07, 6.45) is -2.45. The highest BCUT2D eigenvalue weighted by atomic mass is 32.2. The maximum absolute atomic E-state index is 13.4. The first kappa shape index (κ1) is 23.4. The van der Waals surface area contributed by atoms with Crippen molar-refractivity contribution < 1.29 is 27.8 Å². The number of hydrogen-bond donors (Lipinski definition) is 3. The van der Waals surface area contributed by atoms with Crippen LogP contribution in [0.1, 0.15) is 27.9 Å². The summed E-state index contributed by atoms with van der Waals surface area (Å²) in [5, 5.41) is 16.0. The molecule has 31 heavy (non-hydrogen) atoms. The summed E-state index contributed by atoms with van der Waals surface area (Å²) in [5.41, 5.74) is -0.786. The Labute approximate surface area is 183 Å². The van der Waals surface area contributed by atoms with Gasteiger partial charge in [-0.05, 0) is 36.3 Å². The van der Waals surface area contributed by atoms with Crippen molar-refractivity contribution in [2.45, 2.75) is 23.0 Å². The Kier molecular flexibility index (Phi) is 7.18. The molecule has 0 aliphatic carbocycles. The second-order valence-electron chi connectivity index (χ2n) is 7.54. The van der Waals surface area contributed by atoms with Crippen molar-refractivity contribution in [3.8, 4) is 5.75 Å². The van der Waals surface area contributed by atoms with E-state index < -0.39 is 23.2 Å². The summed E-state index contributed by atoms with van der Waals surface area (Å²) in [6.45, 7) is 0.995. The van der Waals surface area contributed by atoms with Crippen molar-refractivity contribution in [1.82, 2.24) is 10.6 Å². The third-order valence-electron chi connectivity index (χ3n) is 5.49. The maximum Gasteiger partial charge on any atom is 0.416 e. The lowest BCUT2D eigenvalue weighted by Gasteiger charge is -2.42. The fraction of sp³-hybridized carbons (Fsp3) is 0.409. The number of rotatable bonds is 6. The number of benzene rings is 2. The number of methoxy groups -OCH3 is 1. The van der Waals surface area contributed by atoms with Gasteiger partial charge in [-0.3, -0.25) is 4.79 Å². The van der Waals surface area contributed by atoms with E-state index in [1.165, 1.54) is 7.11 Å². The summed E-state index contributed by atoms with van der Waals surface area (Å²) in [6, 6.07) is 11.2. The predicted octanol–water partition coefficient (Wildman–Crippen LogP) is 3.66. The van der Waals surface area contributed by atoms with E-state index in [-0.39, 0.29) is 28.7 Å². The minimum absolute atomic E-state index is 0.0445. The molecular formula is C22H25F3N2O3S. The molecule has 0 aromatic heterocycles. The van der Waals surface area contributed by atoms with Gasteiger partial charge in [-0.15, -0.1) is 11.8 Å². The van der Waals surface area contributed by atoms with E-state index in [4.69, 9.17) is 4.74 Å². The second-order valence-corrected chi connectivity index (χ2v) is 8.39. The number of thioether (sulfide) groups is 1. The predicted molar refractivity (Wildman–Crippen MR) is 113 cm³/mol. The van der Waals surface area contributed by atoms with Crippen molar-refractivity contribution in [1.29, 1.82) is 0 Å². The number of aliphatic hydroxyl groups is 1. The molecule has 0 bridgehead atoms. The van der Waals surface area contributed by atoms with Gasteiger partial charge in [0.2, 0.25) is 0 Å². The van der Waals surface area contributed by atoms with Crippen molar-refractivity contribution in [2.24, 2.45) is 5.92 Å². The summed E-state index contributed by atoms with van der Waals surface area (Å²) in [5.74, 6) is -0.745. The van der Waals surface area contributed by atoms with E-state index in [1.807, 2.05) is 30.3 Å². The zero-order valence-electron chi connectivity index (χ0n) is 17.3. The molecule has 0 spiro atoms. The Bertz CT molecular complexity index is 899. The van der Waals surface area contributed by atoms with Gasteiger partial charge in [-0.25, -0.2) is 0 Å². The number of ether oxygens (including phenoxy) is 1. The lowest BCUT2D eigenvalue weighted by Crippen LogP contribution is -2.58. The normalized spacial score (nSPS) is 21.5. The SMILES string of the molecule is COc1cc(C(F)(F)F)cc(SC)c1C(=O)NC1(c2ccccc2)CNCC(CO)C1. The maximum atomic E-state index is 13.4. The third-order valence-corrected chi connectivity index (χ3v) is 6.26. The zero-order valence-corrected chi connectivity index (χ0v) is 18.1. The summed E-state index contributed by atoms with van der Waals surface area (Å²) < 4.78 is 45.1.